The summed E-state index contributed by atoms with van der Waals surface area (Å²) >= 11 is 0. The molecule has 1 atom stereocenters. The fourth-order valence-electron chi connectivity index (χ4n) is 3.93. The van der Waals surface area contributed by atoms with Gasteiger partial charge in [-0.15, -0.1) is 0 Å². The second kappa shape index (κ2) is 10.4. The predicted octanol–water partition coefficient (Wildman–Crippen LogP) is 3.65. The quantitative estimate of drug-likeness (QED) is 0.257. The van der Waals surface area contributed by atoms with Gasteiger partial charge in [0, 0.05) is 13.2 Å². The minimum atomic E-state index is -0.897. The van der Waals surface area contributed by atoms with Gasteiger partial charge in [-0.25, -0.2) is 0 Å². The first-order valence-corrected chi connectivity index (χ1v) is 10.7. The minimum Gasteiger partial charge on any atom is -0.508 e. The predicted molar refractivity (Wildman–Crippen MR) is 122 cm³/mol. The van der Waals surface area contributed by atoms with Gasteiger partial charge >= 0.3 is 0 Å². The van der Waals surface area contributed by atoms with Gasteiger partial charge in [0.1, 0.15) is 28.6 Å². The van der Waals surface area contributed by atoms with Crippen LogP contribution in [0.25, 0.3) is 5.76 Å². The highest BCUT2D eigenvalue weighted by Crippen LogP contribution is 2.43. The molecule has 0 aromatic heterocycles. The highest BCUT2D eigenvalue weighted by Gasteiger charge is 2.46. The van der Waals surface area contributed by atoms with E-state index in [1.165, 1.54) is 31.3 Å². The zero-order chi connectivity index (χ0) is 24.1. The van der Waals surface area contributed by atoms with E-state index in [0.717, 1.165) is 0 Å². The monoisotopic (exact) mass is 455 g/mol. The number of hydrogen-bond donors (Lipinski definition) is 2. The zero-order valence-corrected chi connectivity index (χ0v) is 19.2. The van der Waals surface area contributed by atoms with Crippen LogP contribution in [0.5, 0.6) is 17.2 Å². The first kappa shape index (κ1) is 24.1. The van der Waals surface area contributed by atoms with Gasteiger partial charge in [-0.05, 0) is 50.1 Å². The lowest BCUT2D eigenvalue weighted by molar-refractivity contribution is -0.140. The summed E-state index contributed by atoms with van der Waals surface area (Å²) in [6.45, 7) is 4.48. The van der Waals surface area contributed by atoms with Crippen molar-refractivity contribution in [2.24, 2.45) is 0 Å². The molecule has 2 N–H and O–H groups in total. The average Bonchev–Trinajstić information content (AvgIpc) is 3.05. The fraction of sp³-hybridized carbons (Fsp3) is 0.360. The molecule has 1 aliphatic rings. The molecule has 1 unspecified atom stereocenters. The van der Waals surface area contributed by atoms with Crippen molar-refractivity contribution in [1.29, 1.82) is 0 Å². The van der Waals surface area contributed by atoms with Crippen LogP contribution in [-0.4, -0.2) is 60.3 Å². The molecule has 1 heterocycles. The fourth-order valence-corrected chi connectivity index (χ4v) is 3.93. The second-order valence-electron chi connectivity index (χ2n) is 7.90. The Bertz CT molecular complexity index is 1040. The molecule has 8 heteroatoms. The molecule has 0 aliphatic carbocycles. The summed E-state index contributed by atoms with van der Waals surface area (Å²) in [7, 11) is 2.87. The van der Waals surface area contributed by atoms with E-state index in [0.29, 0.717) is 18.6 Å². The van der Waals surface area contributed by atoms with Crippen LogP contribution >= 0.6 is 0 Å². The van der Waals surface area contributed by atoms with Gasteiger partial charge in [-0.3, -0.25) is 9.59 Å². The Kier molecular flexibility index (Phi) is 7.60. The summed E-state index contributed by atoms with van der Waals surface area (Å²) in [5.74, 6) is -1.40. The van der Waals surface area contributed by atoms with Crippen molar-refractivity contribution in [2.75, 3.05) is 27.4 Å². The number of amides is 1. The van der Waals surface area contributed by atoms with Crippen LogP contribution in [0.3, 0.4) is 0 Å². The van der Waals surface area contributed by atoms with Crippen molar-refractivity contribution in [1.82, 2.24) is 4.90 Å². The minimum absolute atomic E-state index is 0.0175. The van der Waals surface area contributed by atoms with E-state index in [-0.39, 0.29) is 41.0 Å². The van der Waals surface area contributed by atoms with Gasteiger partial charge in [0.2, 0.25) is 0 Å². The summed E-state index contributed by atoms with van der Waals surface area (Å²) in [4.78, 5) is 27.6. The molecule has 0 bridgehead atoms. The SMILES string of the molecule is COc1cccc(OC)c1/C(O)=C1\C(=O)C(=O)N(CCCOC(C)C)C1c1cccc(O)c1. The number of aliphatic hydroxyl groups excluding tert-OH is 1. The molecule has 1 amide bonds. The lowest BCUT2D eigenvalue weighted by Gasteiger charge is -2.26. The number of benzene rings is 2. The van der Waals surface area contributed by atoms with E-state index < -0.39 is 23.5 Å². The maximum Gasteiger partial charge on any atom is 0.295 e. The van der Waals surface area contributed by atoms with Crippen LogP contribution < -0.4 is 9.47 Å². The number of Topliss-reactive ketones (excluding diaryl/α,β-unsaturated/α-hetero) is 1. The maximum absolute atomic E-state index is 13.2. The van der Waals surface area contributed by atoms with Gasteiger partial charge in [0.25, 0.3) is 11.7 Å². The summed E-state index contributed by atoms with van der Waals surface area (Å²) in [6.07, 6.45) is 0.540. The highest BCUT2D eigenvalue weighted by atomic mass is 16.5. The molecule has 2 aromatic rings. The molecule has 1 saturated heterocycles. The zero-order valence-electron chi connectivity index (χ0n) is 19.2. The van der Waals surface area contributed by atoms with E-state index in [4.69, 9.17) is 14.2 Å². The Morgan fingerprint density at radius 2 is 1.70 bits per heavy atom. The number of aliphatic hydroxyl groups is 1. The Hall–Kier alpha value is -3.52. The van der Waals surface area contributed by atoms with Gasteiger partial charge in [-0.1, -0.05) is 18.2 Å². The van der Waals surface area contributed by atoms with Crippen LogP contribution in [0.4, 0.5) is 0 Å². The summed E-state index contributed by atoms with van der Waals surface area (Å²) in [5.41, 5.74) is 0.571. The van der Waals surface area contributed by atoms with Gasteiger partial charge in [0.15, 0.2) is 0 Å². The standard InChI is InChI=1S/C25H29NO7/c1-15(2)33-13-7-12-26-22(16-8-5-9-17(27)14-16)21(24(29)25(26)30)23(28)20-18(31-3)10-6-11-19(20)32-4/h5-6,8-11,14-15,22,27-28H,7,12-13H2,1-4H3/b23-21+. The third kappa shape index (κ3) is 4.96. The van der Waals surface area contributed by atoms with Crippen LogP contribution in [-0.2, 0) is 14.3 Å². The number of carbonyl (C=O) groups excluding carboxylic acids is 2. The van der Waals surface area contributed by atoms with Crippen molar-refractivity contribution in [3.05, 3.63) is 59.2 Å². The molecule has 8 nitrogen and oxygen atoms in total. The van der Waals surface area contributed by atoms with Gasteiger partial charge in [0.05, 0.1) is 31.9 Å². The van der Waals surface area contributed by atoms with E-state index in [2.05, 4.69) is 0 Å². The van der Waals surface area contributed by atoms with Crippen molar-refractivity contribution in [3.8, 4) is 17.2 Å². The summed E-state index contributed by atoms with van der Waals surface area (Å²) < 4.78 is 16.3. The lowest BCUT2D eigenvalue weighted by Crippen LogP contribution is -2.31. The first-order valence-electron chi connectivity index (χ1n) is 10.7. The number of aromatic hydroxyl groups is 1. The smallest absolute Gasteiger partial charge is 0.295 e. The molecule has 33 heavy (non-hydrogen) atoms. The van der Waals surface area contributed by atoms with E-state index in [9.17, 15) is 19.8 Å². The molecule has 0 spiro atoms. The highest BCUT2D eigenvalue weighted by molar-refractivity contribution is 6.46. The summed E-state index contributed by atoms with van der Waals surface area (Å²) in [6, 6.07) is 10.3. The number of phenols is 1. The number of ketones is 1. The molecular formula is C25H29NO7. The van der Waals surface area contributed by atoms with Crippen molar-refractivity contribution in [3.63, 3.8) is 0 Å². The molecule has 2 aromatic carbocycles. The Balaban J connectivity index is 2.14. The Morgan fingerprint density at radius 3 is 2.27 bits per heavy atom. The molecule has 176 valence electrons. The molecule has 0 saturated carbocycles. The lowest BCUT2D eigenvalue weighted by atomic mass is 9.94. The van der Waals surface area contributed by atoms with Crippen LogP contribution in [0.1, 0.15) is 37.4 Å². The Morgan fingerprint density at radius 1 is 1.06 bits per heavy atom. The molecule has 0 radical (unpaired) electrons. The largest absolute Gasteiger partial charge is 0.508 e. The second-order valence-corrected chi connectivity index (χ2v) is 7.90. The number of methoxy groups -OCH3 is 2. The van der Waals surface area contributed by atoms with Crippen molar-refractivity contribution in [2.45, 2.75) is 32.4 Å². The first-order chi connectivity index (χ1) is 15.8. The topological polar surface area (TPSA) is 106 Å². The third-order valence-corrected chi connectivity index (χ3v) is 5.39. The van der Waals surface area contributed by atoms with Crippen molar-refractivity contribution < 1.29 is 34.0 Å². The number of ether oxygens (including phenoxy) is 3. The van der Waals surface area contributed by atoms with E-state index in [1.807, 2.05) is 13.8 Å². The molecule has 1 fully saturated rings. The van der Waals surface area contributed by atoms with E-state index in [1.54, 1.807) is 30.3 Å². The van der Waals surface area contributed by atoms with Gasteiger partial charge in [-0.2, -0.15) is 0 Å². The van der Waals surface area contributed by atoms with Gasteiger partial charge < -0.3 is 29.3 Å². The molecule has 3 rings (SSSR count). The van der Waals surface area contributed by atoms with Crippen LogP contribution in [0.15, 0.2) is 48.0 Å². The van der Waals surface area contributed by atoms with E-state index >= 15 is 0 Å². The average molecular weight is 456 g/mol. The van der Waals surface area contributed by atoms with Crippen LogP contribution in [0, 0.1) is 0 Å². The number of rotatable bonds is 9. The maximum atomic E-state index is 13.2. The van der Waals surface area contributed by atoms with Crippen LogP contribution in [0.2, 0.25) is 0 Å². The molecule has 1 aliphatic heterocycles. The number of likely N-dealkylation sites (tertiary alicyclic amines) is 1. The number of carbonyl (C=O) groups is 2. The van der Waals surface area contributed by atoms with Crippen molar-refractivity contribution >= 4 is 17.4 Å². The molecular weight excluding hydrogens is 426 g/mol. The third-order valence-electron chi connectivity index (χ3n) is 5.39. The number of hydrogen-bond acceptors (Lipinski definition) is 7. The summed E-state index contributed by atoms with van der Waals surface area (Å²) in [5, 5.41) is 21.4. The number of phenolic OH excluding ortho intramolecular Hbond substituents is 1. The normalized spacial score (nSPS) is 17.6. The Labute approximate surface area is 193 Å². The number of nitrogens with zero attached hydrogens (tertiary/aromatic N) is 1.